The molecule has 6 nitrogen and oxygen atoms in total. The lowest BCUT2D eigenvalue weighted by molar-refractivity contribution is 0.397. The van der Waals surface area contributed by atoms with Crippen LogP contribution in [0.15, 0.2) is 12.1 Å². The van der Waals surface area contributed by atoms with E-state index in [2.05, 4.69) is 32.7 Å². The van der Waals surface area contributed by atoms with E-state index >= 15 is 0 Å². The standard InChI is InChI=1S/C21H29N5O/c1-8-15(9-2)26-20-19(14(6)25-26)24-18(13(5)22-20)16-10-11-17(12(3)4)23-21(16)27-7/h10-12,15H,8-9H2,1-7H3. The van der Waals surface area contributed by atoms with E-state index in [0.29, 0.717) is 17.8 Å². The van der Waals surface area contributed by atoms with Gasteiger partial charge in [0.1, 0.15) is 5.52 Å². The van der Waals surface area contributed by atoms with Crippen molar-refractivity contribution < 1.29 is 4.74 Å². The average Bonchev–Trinajstić information content (AvgIpc) is 2.97. The maximum Gasteiger partial charge on any atom is 0.222 e. The quantitative estimate of drug-likeness (QED) is 0.613. The van der Waals surface area contributed by atoms with E-state index < -0.39 is 0 Å². The van der Waals surface area contributed by atoms with Gasteiger partial charge in [-0.25, -0.2) is 19.6 Å². The molecule has 0 radical (unpaired) electrons. The van der Waals surface area contributed by atoms with Gasteiger partial charge in [-0.05, 0) is 44.7 Å². The van der Waals surface area contributed by atoms with Crippen molar-refractivity contribution in [1.82, 2.24) is 24.7 Å². The molecule has 0 aromatic carbocycles. The molecule has 0 bridgehead atoms. The highest BCUT2D eigenvalue weighted by Gasteiger charge is 2.21. The summed E-state index contributed by atoms with van der Waals surface area (Å²) in [5.74, 6) is 0.922. The van der Waals surface area contributed by atoms with Crippen molar-refractivity contribution in [3.05, 3.63) is 29.2 Å². The van der Waals surface area contributed by atoms with Crippen molar-refractivity contribution in [3.63, 3.8) is 0 Å². The minimum atomic E-state index is 0.335. The first-order chi connectivity index (χ1) is 12.9. The summed E-state index contributed by atoms with van der Waals surface area (Å²) in [6.07, 6.45) is 2.03. The highest BCUT2D eigenvalue weighted by molar-refractivity contribution is 5.79. The van der Waals surface area contributed by atoms with E-state index in [-0.39, 0.29) is 0 Å². The van der Waals surface area contributed by atoms with E-state index in [4.69, 9.17) is 19.8 Å². The van der Waals surface area contributed by atoms with Crippen LogP contribution in [0.4, 0.5) is 0 Å². The molecule has 3 heterocycles. The Morgan fingerprint density at radius 3 is 2.30 bits per heavy atom. The molecule has 0 N–H and O–H groups in total. The normalized spacial score (nSPS) is 11.7. The third kappa shape index (κ3) is 3.40. The molecule has 0 atom stereocenters. The van der Waals surface area contributed by atoms with Gasteiger partial charge in [0.15, 0.2) is 5.65 Å². The van der Waals surface area contributed by atoms with Crippen molar-refractivity contribution in [1.29, 1.82) is 0 Å². The highest BCUT2D eigenvalue weighted by atomic mass is 16.5. The number of aryl methyl sites for hydroxylation is 2. The first kappa shape index (κ1) is 19.3. The Kier molecular flexibility index (Phi) is 5.44. The molecule has 0 spiro atoms. The van der Waals surface area contributed by atoms with Crippen LogP contribution in [0.25, 0.3) is 22.4 Å². The molecule has 144 valence electrons. The predicted octanol–water partition coefficient (Wildman–Crippen LogP) is 5.00. The highest BCUT2D eigenvalue weighted by Crippen LogP contribution is 2.32. The topological polar surface area (TPSA) is 65.7 Å². The van der Waals surface area contributed by atoms with Gasteiger partial charge in [-0.2, -0.15) is 5.10 Å². The molecular formula is C21H29N5O. The van der Waals surface area contributed by atoms with E-state index in [1.165, 1.54) is 0 Å². The molecule has 3 aromatic rings. The third-order valence-electron chi connectivity index (χ3n) is 5.08. The van der Waals surface area contributed by atoms with Crippen LogP contribution >= 0.6 is 0 Å². The monoisotopic (exact) mass is 367 g/mol. The minimum Gasteiger partial charge on any atom is -0.480 e. The molecule has 27 heavy (non-hydrogen) atoms. The van der Waals surface area contributed by atoms with Gasteiger partial charge in [0.2, 0.25) is 5.88 Å². The summed E-state index contributed by atoms with van der Waals surface area (Å²) in [4.78, 5) is 14.5. The van der Waals surface area contributed by atoms with E-state index in [9.17, 15) is 0 Å². The first-order valence-corrected chi connectivity index (χ1v) is 9.69. The molecular weight excluding hydrogens is 338 g/mol. The Morgan fingerprint density at radius 1 is 1.00 bits per heavy atom. The number of pyridine rings is 1. The molecule has 6 heteroatoms. The summed E-state index contributed by atoms with van der Waals surface area (Å²) >= 11 is 0. The number of fused-ring (bicyclic) bond motifs is 1. The van der Waals surface area contributed by atoms with Crippen molar-refractivity contribution >= 4 is 11.2 Å². The zero-order chi connectivity index (χ0) is 19.7. The van der Waals surface area contributed by atoms with Crippen LogP contribution in [0.2, 0.25) is 0 Å². The Labute approximate surface area is 161 Å². The van der Waals surface area contributed by atoms with Crippen LogP contribution in [0.3, 0.4) is 0 Å². The number of hydrogen-bond acceptors (Lipinski definition) is 5. The molecule has 3 aromatic heterocycles. The maximum absolute atomic E-state index is 5.57. The van der Waals surface area contributed by atoms with E-state index in [1.807, 2.05) is 30.7 Å². The fraction of sp³-hybridized carbons (Fsp3) is 0.524. The largest absolute Gasteiger partial charge is 0.480 e. The van der Waals surface area contributed by atoms with Crippen LogP contribution in [-0.2, 0) is 0 Å². The summed E-state index contributed by atoms with van der Waals surface area (Å²) in [5, 5.41) is 4.73. The Morgan fingerprint density at radius 2 is 1.70 bits per heavy atom. The second-order valence-electron chi connectivity index (χ2n) is 7.28. The van der Waals surface area contributed by atoms with Crippen molar-refractivity contribution in [3.8, 4) is 17.1 Å². The summed E-state index contributed by atoms with van der Waals surface area (Å²) in [7, 11) is 1.65. The molecule has 0 unspecified atom stereocenters. The Bertz CT molecular complexity index is 957. The van der Waals surface area contributed by atoms with Gasteiger partial charge in [-0.3, -0.25) is 0 Å². The van der Waals surface area contributed by atoms with E-state index in [1.54, 1.807) is 7.11 Å². The number of methoxy groups -OCH3 is 1. The molecule has 0 fully saturated rings. The van der Waals surface area contributed by atoms with Gasteiger partial charge < -0.3 is 4.74 Å². The smallest absolute Gasteiger partial charge is 0.222 e. The van der Waals surface area contributed by atoms with Gasteiger partial charge in [0, 0.05) is 5.69 Å². The zero-order valence-electron chi connectivity index (χ0n) is 17.4. The number of aromatic nitrogens is 5. The first-order valence-electron chi connectivity index (χ1n) is 9.69. The van der Waals surface area contributed by atoms with Gasteiger partial charge in [-0.15, -0.1) is 0 Å². The molecule has 0 saturated carbocycles. The summed E-state index contributed by atoms with van der Waals surface area (Å²) in [6.45, 7) is 12.6. The van der Waals surface area contributed by atoms with Crippen molar-refractivity contribution in [2.45, 2.75) is 66.3 Å². The SMILES string of the molecule is CCC(CC)n1nc(C)c2nc(-c3ccc(C(C)C)nc3OC)c(C)nc21. The van der Waals surface area contributed by atoms with Gasteiger partial charge in [0.05, 0.1) is 35.8 Å². The number of ether oxygens (including phenoxy) is 1. The molecule has 0 aliphatic heterocycles. The van der Waals surface area contributed by atoms with Crippen LogP contribution in [0.1, 0.15) is 69.6 Å². The van der Waals surface area contributed by atoms with Crippen LogP contribution in [-0.4, -0.2) is 31.8 Å². The molecule has 0 amide bonds. The number of nitrogens with zero attached hydrogens (tertiary/aromatic N) is 5. The lowest BCUT2D eigenvalue weighted by Crippen LogP contribution is -2.10. The van der Waals surface area contributed by atoms with Crippen molar-refractivity contribution in [2.75, 3.05) is 7.11 Å². The fourth-order valence-corrected chi connectivity index (χ4v) is 3.42. The molecule has 0 saturated heterocycles. The van der Waals surface area contributed by atoms with Gasteiger partial charge >= 0.3 is 0 Å². The minimum absolute atomic E-state index is 0.335. The van der Waals surface area contributed by atoms with Gasteiger partial charge in [0.25, 0.3) is 0 Å². The molecule has 0 aliphatic rings. The summed E-state index contributed by atoms with van der Waals surface area (Å²) in [5.41, 5.74) is 6.12. The second-order valence-corrected chi connectivity index (χ2v) is 7.28. The Hall–Kier alpha value is -2.50. The fourth-order valence-electron chi connectivity index (χ4n) is 3.42. The van der Waals surface area contributed by atoms with E-state index in [0.717, 1.165) is 52.3 Å². The second kappa shape index (κ2) is 7.62. The number of hydrogen-bond donors (Lipinski definition) is 0. The summed E-state index contributed by atoms with van der Waals surface area (Å²) < 4.78 is 7.60. The lowest BCUT2D eigenvalue weighted by Gasteiger charge is -2.15. The van der Waals surface area contributed by atoms with Crippen molar-refractivity contribution in [2.24, 2.45) is 0 Å². The Balaban J connectivity index is 2.20. The third-order valence-corrected chi connectivity index (χ3v) is 5.08. The maximum atomic E-state index is 5.57. The van der Waals surface area contributed by atoms with Crippen LogP contribution in [0.5, 0.6) is 5.88 Å². The molecule has 0 aliphatic carbocycles. The zero-order valence-corrected chi connectivity index (χ0v) is 17.4. The number of rotatable bonds is 6. The predicted molar refractivity (Wildman–Crippen MR) is 108 cm³/mol. The van der Waals surface area contributed by atoms with Crippen LogP contribution < -0.4 is 4.74 Å². The summed E-state index contributed by atoms with van der Waals surface area (Å²) in [6, 6.07) is 4.40. The lowest BCUT2D eigenvalue weighted by atomic mass is 10.1. The van der Waals surface area contributed by atoms with Crippen LogP contribution in [0, 0.1) is 13.8 Å². The average molecular weight is 367 g/mol. The molecule has 3 rings (SSSR count). The van der Waals surface area contributed by atoms with Gasteiger partial charge in [-0.1, -0.05) is 27.7 Å².